The molecule has 0 radical (unpaired) electrons. The second-order valence-corrected chi connectivity index (χ2v) is 6.28. The van der Waals surface area contributed by atoms with Gasteiger partial charge in [0.05, 0.1) is 0 Å². The fraction of sp³-hybridized carbons (Fsp3) is 0.278. The Kier molecular flexibility index (Phi) is 4.37. The number of aromatic nitrogens is 1. The van der Waals surface area contributed by atoms with Gasteiger partial charge in [-0.25, -0.2) is 0 Å². The second kappa shape index (κ2) is 6.09. The number of hydrogen-bond donors (Lipinski definition) is 1. The topological polar surface area (TPSA) is 83.0 Å². The van der Waals surface area contributed by atoms with E-state index in [4.69, 9.17) is 4.74 Å². The number of hydrogen-bond acceptors (Lipinski definition) is 4. The molecule has 0 saturated carbocycles. The maximum atomic E-state index is 12.2. The van der Waals surface area contributed by atoms with Crippen LogP contribution in [-0.4, -0.2) is 11.0 Å². The molecule has 1 aromatic heterocycles. The van der Waals surface area contributed by atoms with Crippen molar-refractivity contribution >= 4 is 5.97 Å². The van der Waals surface area contributed by atoms with Gasteiger partial charge >= 0.3 is 5.97 Å². The Morgan fingerprint density at radius 2 is 1.96 bits per heavy atom. The van der Waals surface area contributed by atoms with Crippen LogP contribution in [0.15, 0.2) is 35.1 Å². The first kappa shape index (κ1) is 16.5. The third kappa shape index (κ3) is 3.67. The summed E-state index contributed by atoms with van der Waals surface area (Å²) in [6, 6.07) is 10.5. The number of benzene rings is 1. The SMILES string of the molecule is CC(=O)Oc1cccc(-c2cc(C(C)(C)C)[nH]c(=O)c2C#N)c1. The fourth-order valence-electron chi connectivity index (χ4n) is 2.20. The molecule has 0 bridgehead atoms. The van der Waals surface area contributed by atoms with Crippen LogP contribution in [0.4, 0.5) is 0 Å². The average molecular weight is 310 g/mol. The molecule has 0 unspecified atom stereocenters. The molecule has 0 fully saturated rings. The summed E-state index contributed by atoms with van der Waals surface area (Å²) in [4.78, 5) is 26.1. The zero-order valence-corrected chi connectivity index (χ0v) is 13.6. The summed E-state index contributed by atoms with van der Waals surface area (Å²) in [6.07, 6.45) is 0. The van der Waals surface area contributed by atoms with Crippen molar-refractivity contribution in [3.05, 3.63) is 51.9 Å². The first-order valence-corrected chi connectivity index (χ1v) is 7.19. The minimum atomic E-state index is -0.427. The van der Waals surface area contributed by atoms with Gasteiger partial charge in [-0.15, -0.1) is 0 Å². The molecule has 1 aromatic carbocycles. The average Bonchev–Trinajstić information content (AvgIpc) is 2.45. The van der Waals surface area contributed by atoms with E-state index in [-0.39, 0.29) is 11.0 Å². The highest BCUT2D eigenvalue weighted by Gasteiger charge is 2.19. The number of H-pyrrole nitrogens is 1. The molecule has 5 nitrogen and oxygen atoms in total. The second-order valence-electron chi connectivity index (χ2n) is 6.28. The number of pyridine rings is 1. The normalized spacial score (nSPS) is 10.9. The first-order valence-electron chi connectivity index (χ1n) is 7.19. The Hall–Kier alpha value is -2.87. The van der Waals surface area contributed by atoms with Crippen LogP contribution in [0, 0.1) is 11.3 Å². The van der Waals surface area contributed by atoms with Gasteiger partial charge in [-0.05, 0) is 23.8 Å². The Bertz CT molecular complexity index is 852. The smallest absolute Gasteiger partial charge is 0.308 e. The van der Waals surface area contributed by atoms with Crippen molar-refractivity contribution in [1.82, 2.24) is 4.98 Å². The number of carbonyl (C=O) groups excluding carboxylic acids is 1. The van der Waals surface area contributed by atoms with E-state index in [0.717, 1.165) is 5.69 Å². The molecule has 0 amide bonds. The van der Waals surface area contributed by atoms with Crippen LogP contribution in [0.2, 0.25) is 0 Å². The molecule has 118 valence electrons. The molecular weight excluding hydrogens is 292 g/mol. The molecular formula is C18H18N2O3. The van der Waals surface area contributed by atoms with Crippen molar-refractivity contribution in [3.8, 4) is 22.9 Å². The van der Waals surface area contributed by atoms with E-state index >= 15 is 0 Å². The van der Waals surface area contributed by atoms with Gasteiger partial charge in [-0.2, -0.15) is 5.26 Å². The maximum Gasteiger partial charge on any atom is 0.308 e. The third-order valence-corrected chi connectivity index (χ3v) is 3.36. The highest BCUT2D eigenvalue weighted by Crippen LogP contribution is 2.29. The summed E-state index contributed by atoms with van der Waals surface area (Å²) < 4.78 is 5.07. The van der Waals surface area contributed by atoms with Gasteiger partial charge in [-0.1, -0.05) is 32.9 Å². The van der Waals surface area contributed by atoms with E-state index in [1.807, 2.05) is 26.8 Å². The van der Waals surface area contributed by atoms with Gasteiger partial charge in [0.25, 0.3) is 5.56 Å². The highest BCUT2D eigenvalue weighted by atomic mass is 16.5. The Labute approximate surface area is 134 Å². The van der Waals surface area contributed by atoms with Crippen LogP contribution in [0.5, 0.6) is 5.75 Å². The molecule has 0 saturated heterocycles. The standard InChI is InChI=1S/C18H18N2O3/c1-11(21)23-13-7-5-6-12(8-13)14-9-16(18(2,3)4)20-17(22)15(14)10-19/h5-9H,1-4H3,(H,20,22). The van der Waals surface area contributed by atoms with Crippen molar-refractivity contribution in [2.45, 2.75) is 33.1 Å². The van der Waals surface area contributed by atoms with E-state index in [1.165, 1.54) is 6.92 Å². The summed E-state index contributed by atoms with van der Waals surface area (Å²) in [7, 11) is 0. The van der Waals surface area contributed by atoms with Crippen molar-refractivity contribution in [2.24, 2.45) is 0 Å². The monoisotopic (exact) mass is 310 g/mol. The lowest BCUT2D eigenvalue weighted by Crippen LogP contribution is -2.22. The Morgan fingerprint density at radius 3 is 2.52 bits per heavy atom. The van der Waals surface area contributed by atoms with Crippen LogP contribution in [-0.2, 0) is 10.2 Å². The molecule has 1 heterocycles. The lowest BCUT2D eigenvalue weighted by molar-refractivity contribution is -0.131. The third-order valence-electron chi connectivity index (χ3n) is 3.36. The molecule has 2 aromatic rings. The van der Waals surface area contributed by atoms with Crippen LogP contribution in [0.3, 0.4) is 0 Å². The van der Waals surface area contributed by atoms with Crippen molar-refractivity contribution < 1.29 is 9.53 Å². The molecule has 0 spiro atoms. The van der Waals surface area contributed by atoms with Crippen molar-refractivity contribution in [3.63, 3.8) is 0 Å². The van der Waals surface area contributed by atoms with Crippen molar-refractivity contribution in [1.29, 1.82) is 5.26 Å². The number of carbonyl (C=O) groups is 1. The number of ether oxygens (including phenoxy) is 1. The molecule has 1 N–H and O–H groups in total. The van der Waals surface area contributed by atoms with Crippen molar-refractivity contribution in [2.75, 3.05) is 0 Å². The van der Waals surface area contributed by atoms with Gasteiger partial charge in [-0.3, -0.25) is 9.59 Å². The lowest BCUT2D eigenvalue weighted by atomic mass is 9.89. The fourth-order valence-corrected chi connectivity index (χ4v) is 2.20. The van der Waals surface area contributed by atoms with Gasteiger partial charge in [0, 0.05) is 23.6 Å². The minimum Gasteiger partial charge on any atom is -0.427 e. The number of aromatic amines is 1. The largest absolute Gasteiger partial charge is 0.427 e. The van der Waals surface area contributed by atoms with Crippen LogP contribution in [0.25, 0.3) is 11.1 Å². The van der Waals surface area contributed by atoms with E-state index in [2.05, 4.69) is 4.98 Å². The molecule has 0 aliphatic heterocycles. The summed E-state index contributed by atoms with van der Waals surface area (Å²) >= 11 is 0. The number of nitrogens with zero attached hydrogens (tertiary/aromatic N) is 1. The summed E-state index contributed by atoms with van der Waals surface area (Å²) in [6.45, 7) is 7.24. The predicted octanol–water partition coefficient (Wildman–Crippen LogP) is 3.14. The van der Waals surface area contributed by atoms with E-state index < -0.39 is 11.5 Å². The summed E-state index contributed by atoms with van der Waals surface area (Å²) in [5.41, 5.74) is 1.25. The highest BCUT2D eigenvalue weighted by molar-refractivity contribution is 5.74. The Balaban J connectivity index is 2.67. The van der Waals surface area contributed by atoms with Crippen LogP contribution < -0.4 is 10.3 Å². The van der Waals surface area contributed by atoms with Crippen LogP contribution in [0.1, 0.15) is 39.0 Å². The molecule has 0 atom stereocenters. The summed E-state index contributed by atoms with van der Waals surface area (Å²) in [5.74, 6) is -0.0552. The number of nitrogens with one attached hydrogen (secondary N) is 1. The first-order chi connectivity index (χ1) is 10.7. The summed E-state index contributed by atoms with van der Waals surface area (Å²) in [5, 5.41) is 9.31. The molecule has 2 rings (SSSR count). The maximum absolute atomic E-state index is 12.2. The van der Waals surface area contributed by atoms with Gasteiger partial charge in [0.2, 0.25) is 0 Å². The predicted molar refractivity (Wildman–Crippen MR) is 87.2 cm³/mol. The number of nitriles is 1. The van der Waals surface area contributed by atoms with Crippen LogP contribution >= 0.6 is 0 Å². The zero-order chi connectivity index (χ0) is 17.2. The Morgan fingerprint density at radius 1 is 1.26 bits per heavy atom. The van der Waals surface area contributed by atoms with Gasteiger partial charge in [0.15, 0.2) is 0 Å². The number of rotatable bonds is 2. The number of esters is 1. The molecule has 0 aliphatic rings. The molecule has 0 aliphatic carbocycles. The van der Waals surface area contributed by atoms with E-state index in [1.54, 1.807) is 30.3 Å². The van der Waals surface area contributed by atoms with Gasteiger partial charge in [0.1, 0.15) is 17.4 Å². The molecule has 23 heavy (non-hydrogen) atoms. The van der Waals surface area contributed by atoms with E-state index in [0.29, 0.717) is 16.9 Å². The molecule has 5 heteroatoms. The lowest BCUT2D eigenvalue weighted by Gasteiger charge is -2.20. The van der Waals surface area contributed by atoms with E-state index in [9.17, 15) is 14.9 Å². The zero-order valence-electron chi connectivity index (χ0n) is 13.6. The minimum absolute atomic E-state index is 0.0398. The quantitative estimate of drug-likeness (QED) is 0.682. The van der Waals surface area contributed by atoms with Gasteiger partial charge < -0.3 is 9.72 Å².